The molecule has 1 amide bonds. The van der Waals surface area contributed by atoms with Crippen molar-refractivity contribution < 1.29 is 9.18 Å². The molecule has 1 aliphatic carbocycles. The number of halogens is 1. The van der Waals surface area contributed by atoms with Crippen LogP contribution in [-0.2, 0) is 4.79 Å². The van der Waals surface area contributed by atoms with Gasteiger partial charge in [-0.15, -0.1) is 5.10 Å². The topological polar surface area (TPSA) is 70.7 Å². The lowest BCUT2D eigenvalue weighted by atomic mass is 10.2. The highest BCUT2D eigenvalue weighted by molar-refractivity contribution is 7.99. The Kier molecular flexibility index (Phi) is 4.19. The summed E-state index contributed by atoms with van der Waals surface area (Å²) in [5.41, 5.74) is 0.370. The molecule has 21 heavy (non-hydrogen) atoms. The highest BCUT2D eigenvalue weighted by atomic mass is 32.2. The summed E-state index contributed by atoms with van der Waals surface area (Å²) in [5.74, 6) is 0.919. The van der Waals surface area contributed by atoms with Gasteiger partial charge in [-0.05, 0) is 30.9 Å². The van der Waals surface area contributed by atoms with Crippen LogP contribution in [0.25, 0.3) is 11.4 Å². The van der Waals surface area contributed by atoms with Crippen LogP contribution in [0.5, 0.6) is 0 Å². The number of amides is 1. The smallest absolute Gasteiger partial charge is 0.230 e. The van der Waals surface area contributed by atoms with Gasteiger partial charge in [0.2, 0.25) is 11.1 Å². The van der Waals surface area contributed by atoms with Crippen molar-refractivity contribution in [2.24, 2.45) is 5.92 Å². The Hall–Kier alpha value is -1.89. The molecule has 1 aromatic carbocycles. The normalized spacial score (nSPS) is 14.1. The minimum absolute atomic E-state index is 0.0239. The van der Waals surface area contributed by atoms with Gasteiger partial charge in [0.05, 0.1) is 11.3 Å². The van der Waals surface area contributed by atoms with E-state index in [4.69, 9.17) is 0 Å². The van der Waals surface area contributed by atoms with Crippen molar-refractivity contribution in [2.75, 3.05) is 12.3 Å². The van der Waals surface area contributed by atoms with Crippen LogP contribution in [0.1, 0.15) is 12.8 Å². The van der Waals surface area contributed by atoms with Crippen LogP contribution >= 0.6 is 11.8 Å². The molecule has 7 heteroatoms. The number of rotatable bonds is 6. The van der Waals surface area contributed by atoms with Gasteiger partial charge < -0.3 is 5.32 Å². The fourth-order valence-corrected chi connectivity index (χ4v) is 2.47. The minimum atomic E-state index is -0.354. The van der Waals surface area contributed by atoms with Gasteiger partial charge in [0, 0.05) is 6.54 Å². The average Bonchev–Trinajstić information content (AvgIpc) is 3.20. The van der Waals surface area contributed by atoms with Crippen LogP contribution < -0.4 is 5.32 Å². The quantitative estimate of drug-likeness (QED) is 0.803. The summed E-state index contributed by atoms with van der Waals surface area (Å²) >= 11 is 1.23. The summed E-state index contributed by atoms with van der Waals surface area (Å²) in [6, 6.07) is 6.36. The van der Waals surface area contributed by atoms with E-state index in [1.807, 2.05) is 0 Å². The second-order valence-electron chi connectivity index (χ2n) is 4.98. The third kappa shape index (κ3) is 3.81. The van der Waals surface area contributed by atoms with Crippen LogP contribution in [0, 0.1) is 11.7 Å². The first-order valence-corrected chi connectivity index (χ1v) is 7.78. The van der Waals surface area contributed by atoms with Gasteiger partial charge in [-0.3, -0.25) is 9.89 Å². The molecule has 0 atom stereocenters. The Bertz CT molecular complexity index is 641. The van der Waals surface area contributed by atoms with E-state index >= 15 is 0 Å². The van der Waals surface area contributed by atoms with Gasteiger partial charge in [0.15, 0.2) is 5.82 Å². The summed E-state index contributed by atoms with van der Waals surface area (Å²) in [4.78, 5) is 15.8. The maximum absolute atomic E-state index is 13.6. The molecular weight excluding hydrogens is 291 g/mol. The first-order valence-electron chi connectivity index (χ1n) is 6.79. The van der Waals surface area contributed by atoms with E-state index in [1.165, 1.54) is 30.7 Å². The van der Waals surface area contributed by atoms with Gasteiger partial charge in [0.25, 0.3) is 0 Å². The number of nitrogens with zero attached hydrogens (tertiary/aromatic N) is 2. The summed E-state index contributed by atoms with van der Waals surface area (Å²) in [7, 11) is 0. The van der Waals surface area contributed by atoms with Gasteiger partial charge in [0.1, 0.15) is 5.82 Å². The highest BCUT2D eigenvalue weighted by Crippen LogP contribution is 2.27. The van der Waals surface area contributed by atoms with E-state index < -0.39 is 0 Å². The molecule has 0 bridgehead atoms. The van der Waals surface area contributed by atoms with Gasteiger partial charge in [-0.2, -0.15) is 0 Å². The number of nitrogens with one attached hydrogen (secondary N) is 2. The third-order valence-electron chi connectivity index (χ3n) is 3.21. The van der Waals surface area contributed by atoms with Crippen molar-refractivity contribution >= 4 is 17.7 Å². The number of H-pyrrole nitrogens is 1. The number of aromatic nitrogens is 3. The molecule has 1 fully saturated rings. The standard InChI is InChI=1S/C14H15FN4OS/c15-11-4-2-1-3-10(11)13-17-14(19-18-13)21-8-12(20)16-7-9-5-6-9/h1-4,9H,5-8H2,(H,16,20)(H,17,18,19). The molecule has 110 valence electrons. The summed E-state index contributed by atoms with van der Waals surface area (Å²) in [6.45, 7) is 0.758. The third-order valence-corrected chi connectivity index (χ3v) is 4.06. The molecule has 3 rings (SSSR count). The van der Waals surface area contributed by atoms with Crippen LogP contribution in [0.4, 0.5) is 4.39 Å². The Labute approximate surface area is 125 Å². The molecule has 1 heterocycles. The summed E-state index contributed by atoms with van der Waals surface area (Å²) < 4.78 is 13.6. The number of carbonyl (C=O) groups is 1. The monoisotopic (exact) mass is 306 g/mol. The van der Waals surface area contributed by atoms with Crippen LogP contribution in [0.3, 0.4) is 0 Å². The molecule has 0 spiro atoms. The SMILES string of the molecule is O=C(CSc1n[nH]c(-c2ccccc2F)n1)NCC1CC1. The number of hydrogen-bond donors (Lipinski definition) is 2. The molecule has 2 aromatic rings. The number of hydrogen-bond acceptors (Lipinski definition) is 4. The highest BCUT2D eigenvalue weighted by Gasteiger charge is 2.21. The van der Waals surface area contributed by atoms with Gasteiger partial charge >= 0.3 is 0 Å². The van der Waals surface area contributed by atoms with E-state index in [-0.39, 0.29) is 17.5 Å². The Morgan fingerprint density at radius 3 is 3.00 bits per heavy atom. The molecule has 0 saturated heterocycles. The number of aromatic amines is 1. The Morgan fingerprint density at radius 2 is 2.24 bits per heavy atom. The lowest BCUT2D eigenvalue weighted by molar-refractivity contribution is -0.118. The summed E-state index contributed by atoms with van der Waals surface area (Å²) in [6.07, 6.45) is 2.42. The van der Waals surface area contributed by atoms with E-state index in [0.29, 0.717) is 22.5 Å². The molecular formula is C14H15FN4OS. The van der Waals surface area contributed by atoms with Crippen molar-refractivity contribution in [1.82, 2.24) is 20.5 Å². The zero-order valence-electron chi connectivity index (χ0n) is 11.3. The molecule has 0 aliphatic heterocycles. The average molecular weight is 306 g/mol. The van der Waals surface area contributed by atoms with Crippen LogP contribution in [0.15, 0.2) is 29.4 Å². The van der Waals surface area contributed by atoms with E-state index in [2.05, 4.69) is 20.5 Å². The first-order chi connectivity index (χ1) is 10.2. The molecule has 0 radical (unpaired) electrons. The Balaban J connectivity index is 1.55. The first kappa shape index (κ1) is 14.1. The lowest BCUT2D eigenvalue weighted by Crippen LogP contribution is -2.27. The zero-order valence-corrected chi connectivity index (χ0v) is 12.1. The minimum Gasteiger partial charge on any atom is -0.355 e. The van der Waals surface area contributed by atoms with E-state index in [9.17, 15) is 9.18 Å². The van der Waals surface area contributed by atoms with Crippen molar-refractivity contribution in [1.29, 1.82) is 0 Å². The fourth-order valence-electron chi connectivity index (χ4n) is 1.85. The molecule has 1 aliphatic rings. The Morgan fingerprint density at radius 1 is 1.43 bits per heavy atom. The van der Waals surface area contributed by atoms with Gasteiger partial charge in [-0.25, -0.2) is 9.37 Å². The zero-order chi connectivity index (χ0) is 14.7. The van der Waals surface area contributed by atoms with Crippen molar-refractivity contribution in [2.45, 2.75) is 18.0 Å². The van der Waals surface area contributed by atoms with Crippen molar-refractivity contribution in [3.8, 4) is 11.4 Å². The molecule has 5 nitrogen and oxygen atoms in total. The molecule has 2 N–H and O–H groups in total. The molecule has 1 aromatic heterocycles. The maximum Gasteiger partial charge on any atom is 0.230 e. The molecule has 0 unspecified atom stereocenters. The number of carbonyl (C=O) groups excluding carboxylic acids is 1. The second kappa shape index (κ2) is 6.26. The van der Waals surface area contributed by atoms with Crippen molar-refractivity contribution in [3.05, 3.63) is 30.1 Å². The van der Waals surface area contributed by atoms with Crippen LogP contribution in [0.2, 0.25) is 0 Å². The predicted octanol–water partition coefficient (Wildman–Crippen LogP) is 2.23. The van der Waals surface area contributed by atoms with Crippen LogP contribution in [-0.4, -0.2) is 33.4 Å². The predicted molar refractivity (Wildman–Crippen MR) is 78.2 cm³/mol. The number of benzene rings is 1. The van der Waals surface area contributed by atoms with Gasteiger partial charge in [-0.1, -0.05) is 23.9 Å². The van der Waals surface area contributed by atoms with E-state index in [0.717, 1.165) is 6.54 Å². The maximum atomic E-state index is 13.6. The largest absolute Gasteiger partial charge is 0.355 e. The second-order valence-corrected chi connectivity index (χ2v) is 5.93. The molecule has 1 saturated carbocycles. The van der Waals surface area contributed by atoms with E-state index in [1.54, 1.807) is 18.2 Å². The number of thioether (sulfide) groups is 1. The lowest BCUT2D eigenvalue weighted by Gasteiger charge is -2.01. The fraction of sp³-hybridized carbons (Fsp3) is 0.357. The van der Waals surface area contributed by atoms with Crippen molar-refractivity contribution in [3.63, 3.8) is 0 Å². The summed E-state index contributed by atoms with van der Waals surface area (Å²) in [5, 5.41) is 10.0.